The van der Waals surface area contributed by atoms with Gasteiger partial charge in [0, 0.05) is 13.1 Å². The molecule has 1 aromatic carbocycles. The predicted octanol–water partition coefficient (Wildman–Crippen LogP) is 2.23. The van der Waals surface area contributed by atoms with Gasteiger partial charge in [-0.3, -0.25) is 4.79 Å². The number of unbranched alkanes of at least 4 members (excludes halogenated alkanes) is 1. The summed E-state index contributed by atoms with van der Waals surface area (Å²) in [6.07, 6.45) is 1.88. The van der Waals surface area contributed by atoms with Crippen LogP contribution in [0.25, 0.3) is 0 Å². The third kappa shape index (κ3) is 4.81. The Bertz CT molecular complexity index is 612. The van der Waals surface area contributed by atoms with Crippen LogP contribution < -0.4 is 5.32 Å². The molecule has 0 heterocycles. The van der Waals surface area contributed by atoms with Crippen LogP contribution in [0.3, 0.4) is 0 Å². The number of carbonyl (C=O) groups is 1. The predicted molar refractivity (Wildman–Crippen MR) is 88.3 cm³/mol. The van der Waals surface area contributed by atoms with Gasteiger partial charge in [-0.15, -0.1) is 0 Å². The second-order valence-electron chi connectivity index (χ2n) is 5.40. The second kappa shape index (κ2) is 8.29. The highest BCUT2D eigenvalue weighted by Crippen LogP contribution is 2.21. The van der Waals surface area contributed by atoms with Crippen LogP contribution in [0.15, 0.2) is 23.1 Å². The maximum Gasteiger partial charge on any atom is 0.243 e. The fourth-order valence-corrected chi connectivity index (χ4v) is 3.83. The van der Waals surface area contributed by atoms with E-state index < -0.39 is 10.0 Å². The maximum atomic E-state index is 12.7. The highest BCUT2D eigenvalue weighted by molar-refractivity contribution is 7.89. The Balaban J connectivity index is 2.93. The number of sulfonamides is 1. The van der Waals surface area contributed by atoms with E-state index in [2.05, 4.69) is 5.32 Å². The molecule has 0 aliphatic carbocycles. The van der Waals surface area contributed by atoms with E-state index in [1.165, 1.54) is 4.31 Å². The van der Waals surface area contributed by atoms with Crippen molar-refractivity contribution < 1.29 is 13.2 Å². The minimum Gasteiger partial charge on any atom is -0.355 e. The van der Waals surface area contributed by atoms with E-state index in [0.29, 0.717) is 12.1 Å². The summed E-state index contributed by atoms with van der Waals surface area (Å²) in [6.45, 7) is 8.09. The monoisotopic (exact) mass is 326 g/mol. The van der Waals surface area contributed by atoms with Crippen LogP contribution in [0.5, 0.6) is 0 Å². The molecule has 0 spiro atoms. The van der Waals surface area contributed by atoms with Gasteiger partial charge in [-0.2, -0.15) is 4.31 Å². The zero-order chi connectivity index (χ0) is 16.8. The smallest absolute Gasteiger partial charge is 0.243 e. The quantitative estimate of drug-likeness (QED) is 0.745. The van der Waals surface area contributed by atoms with Crippen molar-refractivity contribution in [2.75, 3.05) is 19.6 Å². The van der Waals surface area contributed by atoms with E-state index in [1.807, 2.05) is 19.9 Å². The van der Waals surface area contributed by atoms with Crippen LogP contribution in [0, 0.1) is 13.8 Å². The van der Waals surface area contributed by atoms with E-state index in [0.717, 1.165) is 18.4 Å². The van der Waals surface area contributed by atoms with Gasteiger partial charge in [0.05, 0.1) is 11.4 Å². The molecule has 124 valence electrons. The van der Waals surface area contributed by atoms with Crippen LogP contribution in [-0.4, -0.2) is 38.3 Å². The number of benzene rings is 1. The van der Waals surface area contributed by atoms with E-state index in [-0.39, 0.29) is 23.9 Å². The highest BCUT2D eigenvalue weighted by atomic mass is 32.2. The lowest BCUT2D eigenvalue weighted by Crippen LogP contribution is -2.41. The summed E-state index contributed by atoms with van der Waals surface area (Å²) in [7, 11) is -3.66. The third-order valence-electron chi connectivity index (χ3n) is 3.49. The van der Waals surface area contributed by atoms with Gasteiger partial charge in [0.15, 0.2) is 0 Å². The number of hydrogen-bond donors (Lipinski definition) is 1. The van der Waals surface area contributed by atoms with Crippen molar-refractivity contribution in [1.82, 2.24) is 9.62 Å². The molecule has 1 N–H and O–H groups in total. The number of amides is 1. The number of carbonyl (C=O) groups excluding carboxylic acids is 1. The summed E-state index contributed by atoms with van der Waals surface area (Å²) in [5.41, 5.74) is 1.57. The zero-order valence-corrected chi connectivity index (χ0v) is 14.7. The molecule has 0 aliphatic heterocycles. The van der Waals surface area contributed by atoms with Crippen LogP contribution in [0.4, 0.5) is 0 Å². The molecule has 6 heteroatoms. The molecule has 0 bridgehead atoms. The van der Waals surface area contributed by atoms with Crippen molar-refractivity contribution in [3.63, 3.8) is 0 Å². The first-order chi connectivity index (χ1) is 10.3. The number of nitrogens with one attached hydrogen (secondary N) is 1. The van der Waals surface area contributed by atoms with Crippen molar-refractivity contribution in [3.8, 4) is 0 Å². The van der Waals surface area contributed by atoms with Gasteiger partial charge in [0.25, 0.3) is 0 Å². The first-order valence-electron chi connectivity index (χ1n) is 7.67. The van der Waals surface area contributed by atoms with Gasteiger partial charge in [-0.25, -0.2) is 8.42 Å². The fraction of sp³-hybridized carbons (Fsp3) is 0.562. The second-order valence-corrected chi connectivity index (χ2v) is 7.31. The molecule has 1 rings (SSSR count). The van der Waals surface area contributed by atoms with Gasteiger partial charge >= 0.3 is 0 Å². The molecule has 1 amide bonds. The summed E-state index contributed by atoms with van der Waals surface area (Å²) in [6, 6.07) is 5.32. The number of aryl methyl sites for hydroxylation is 2. The summed E-state index contributed by atoms with van der Waals surface area (Å²) >= 11 is 0. The first kappa shape index (κ1) is 18.6. The highest BCUT2D eigenvalue weighted by Gasteiger charge is 2.26. The fourth-order valence-electron chi connectivity index (χ4n) is 2.11. The Hall–Kier alpha value is -1.40. The Morgan fingerprint density at radius 1 is 1.23 bits per heavy atom. The molecule has 0 aliphatic rings. The molecule has 0 saturated heterocycles. The maximum absolute atomic E-state index is 12.7. The molecular weight excluding hydrogens is 300 g/mol. The average Bonchev–Trinajstić information content (AvgIpc) is 2.47. The molecule has 0 atom stereocenters. The molecule has 22 heavy (non-hydrogen) atoms. The largest absolute Gasteiger partial charge is 0.355 e. The van der Waals surface area contributed by atoms with Crippen LogP contribution in [-0.2, 0) is 14.8 Å². The van der Waals surface area contributed by atoms with Crippen molar-refractivity contribution in [2.24, 2.45) is 0 Å². The van der Waals surface area contributed by atoms with E-state index in [1.54, 1.807) is 26.0 Å². The van der Waals surface area contributed by atoms with Crippen molar-refractivity contribution in [1.29, 1.82) is 0 Å². The van der Waals surface area contributed by atoms with Crippen LogP contribution >= 0.6 is 0 Å². The van der Waals surface area contributed by atoms with Crippen LogP contribution in [0.1, 0.15) is 37.8 Å². The SMILES string of the molecule is CCCCNC(=O)CN(CC)S(=O)(=O)c1cc(C)ccc1C. The molecule has 0 fully saturated rings. The van der Waals surface area contributed by atoms with E-state index in [4.69, 9.17) is 0 Å². The van der Waals surface area contributed by atoms with Gasteiger partial charge < -0.3 is 5.32 Å². The molecule has 1 aromatic rings. The normalized spacial score (nSPS) is 11.7. The van der Waals surface area contributed by atoms with E-state index >= 15 is 0 Å². The Morgan fingerprint density at radius 2 is 1.91 bits per heavy atom. The average molecular weight is 326 g/mol. The Kier molecular flexibility index (Phi) is 7.03. The summed E-state index contributed by atoms with van der Waals surface area (Å²) in [5.74, 6) is -0.260. The number of rotatable bonds is 8. The van der Waals surface area contributed by atoms with Crippen molar-refractivity contribution in [2.45, 2.75) is 45.4 Å². The molecule has 0 saturated carbocycles. The molecule has 0 unspecified atom stereocenters. The summed E-state index contributed by atoms with van der Waals surface area (Å²) in [5, 5.41) is 2.75. The lowest BCUT2D eigenvalue weighted by Gasteiger charge is -2.21. The Morgan fingerprint density at radius 3 is 2.50 bits per heavy atom. The van der Waals surface area contributed by atoms with Crippen LogP contribution in [0.2, 0.25) is 0 Å². The lowest BCUT2D eigenvalue weighted by atomic mass is 10.2. The lowest BCUT2D eigenvalue weighted by molar-refractivity contribution is -0.121. The molecule has 5 nitrogen and oxygen atoms in total. The van der Waals surface area contributed by atoms with Gasteiger partial charge in [-0.1, -0.05) is 32.4 Å². The molecular formula is C16H26N2O3S. The number of hydrogen-bond acceptors (Lipinski definition) is 3. The van der Waals surface area contributed by atoms with Gasteiger partial charge in [-0.05, 0) is 37.5 Å². The summed E-state index contributed by atoms with van der Waals surface area (Å²) < 4.78 is 26.7. The summed E-state index contributed by atoms with van der Waals surface area (Å²) in [4.78, 5) is 12.2. The minimum absolute atomic E-state index is 0.143. The topological polar surface area (TPSA) is 66.5 Å². The van der Waals surface area contributed by atoms with Crippen molar-refractivity contribution >= 4 is 15.9 Å². The standard InChI is InChI=1S/C16H26N2O3S/c1-5-7-10-17-16(19)12-18(6-2)22(20,21)15-11-13(3)8-9-14(15)4/h8-9,11H,5-7,10,12H2,1-4H3,(H,17,19). The minimum atomic E-state index is -3.66. The third-order valence-corrected chi connectivity index (χ3v) is 5.55. The molecule has 0 aromatic heterocycles. The van der Waals surface area contributed by atoms with Crippen molar-refractivity contribution in [3.05, 3.63) is 29.3 Å². The number of likely N-dealkylation sites (N-methyl/N-ethyl adjacent to an activating group) is 1. The Labute approximate surface area is 133 Å². The molecule has 0 radical (unpaired) electrons. The first-order valence-corrected chi connectivity index (χ1v) is 9.11. The van der Waals surface area contributed by atoms with Gasteiger partial charge in [0.1, 0.15) is 0 Å². The van der Waals surface area contributed by atoms with E-state index in [9.17, 15) is 13.2 Å². The zero-order valence-electron chi connectivity index (χ0n) is 13.8. The number of nitrogens with zero attached hydrogens (tertiary/aromatic N) is 1. The van der Waals surface area contributed by atoms with Gasteiger partial charge in [0.2, 0.25) is 15.9 Å².